The van der Waals surface area contributed by atoms with Crippen LogP contribution in [0, 0.1) is 0 Å². The highest BCUT2D eigenvalue weighted by atomic mass is 79.9. The Morgan fingerprint density at radius 3 is 2.56 bits per heavy atom. The van der Waals surface area contributed by atoms with Crippen molar-refractivity contribution in [1.82, 2.24) is 5.32 Å². The maximum absolute atomic E-state index is 12.6. The Labute approximate surface area is 155 Å². The fourth-order valence-corrected chi connectivity index (χ4v) is 2.67. The van der Waals surface area contributed by atoms with Crippen LogP contribution in [0.25, 0.3) is 0 Å². The molecule has 0 aliphatic rings. The molecular formula is C19H21BrN2O3. The molecule has 0 unspecified atom stereocenters. The van der Waals surface area contributed by atoms with Gasteiger partial charge >= 0.3 is 0 Å². The zero-order valence-corrected chi connectivity index (χ0v) is 15.9. The van der Waals surface area contributed by atoms with Gasteiger partial charge < -0.3 is 15.4 Å². The lowest BCUT2D eigenvalue weighted by molar-refractivity contribution is 0.0954. The lowest BCUT2D eigenvalue weighted by atomic mass is 10.1. The number of rotatable bonds is 7. The van der Waals surface area contributed by atoms with Gasteiger partial charge in [-0.2, -0.15) is 0 Å². The molecule has 0 saturated carbocycles. The van der Waals surface area contributed by atoms with Gasteiger partial charge in [-0.05, 0) is 36.8 Å². The molecule has 5 nitrogen and oxygen atoms in total. The normalized spacial score (nSPS) is 10.2. The number of hydrogen-bond acceptors (Lipinski definition) is 3. The van der Waals surface area contributed by atoms with Crippen molar-refractivity contribution in [2.75, 3.05) is 19.0 Å². The van der Waals surface area contributed by atoms with Gasteiger partial charge in [-0.3, -0.25) is 9.59 Å². The van der Waals surface area contributed by atoms with Crippen molar-refractivity contribution in [3.63, 3.8) is 0 Å². The molecule has 2 aromatic carbocycles. The number of benzene rings is 2. The Balaban J connectivity index is 2.22. The van der Waals surface area contributed by atoms with E-state index in [1.807, 2.05) is 0 Å². The maximum Gasteiger partial charge on any atom is 0.259 e. The van der Waals surface area contributed by atoms with Gasteiger partial charge in [-0.15, -0.1) is 0 Å². The number of para-hydroxylation sites is 1. The Morgan fingerprint density at radius 1 is 1.08 bits per heavy atom. The number of methoxy groups -OCH3 is 1. The molecule has 0 aliphatic heterocycles. The van der Waals surface area contributed by atoms with Crippen molar-refractivity contribution in [2.24, 2.45) is 0 Å². The summed E-state index contributed by atoms with van der Waals surface area (Å²) in [5, 5.41) is 5.66. The summed E-state index contributed by atoms with van der Waals surface area (Å²) in [5.41, 5.74) is 1.28. The zero-order chi connectivity index (χ0) is 18.2. The number of carbonyl (C=O) groups is 2. The predicted molar refractivity (Wildman–Crippen MR) is 102 cm³/mol. The number of halogens is 1. The summed E-state index contributed by atoms with van der Waals surface area (Å²) in [6.07, 6.45) is 1.91. The van der Waals surface area contributed by atoms with Crippen molar-refractivity contribution in [2.45, 2.75) is 19.8 Å². The molecule has 0 radical (unpaired) electrons. The second kappa shape index (κ2) is 9.22. The Morgan fingerprint density at radius 2 is 1.84 bits per heavy atom. The standard InChI is InChI=1S/C19H21BrN2O3/c1-3-4-11-21-18(23)14-7-5-6-8-16(14)22-19(24)15-12-13(20)9-10-17(15)25-2/h5-10,12H,3-4,11H2,1-2H3,(H,21,23)(H,22,24). The molecule has 25 heavy (non-hydrogen) atoms. The lowest BCUT2D eigenvalue weighted by Crippen LogP contribution is -2.26. The van der Waals surface area contributed by atoms with E-state index in [4.69, 9.17) is 4.74 Å². The Kier molecular flexibility index (Phi) is 7.01. The third-order valence-corrected chi connectivity index (χ3v) is 4.14. The quantitative estimate of drug-likeness (QED) is 0.678. The van der Waals surface area contributed by atoms with Gasteiger partial charge in [-0.1, -0.05) is 41.4 Å². The molecular weight excluding hydrogens is 384 g/mol. The number of anilines is 1. The van der Waals surface area contributed by atoms with Gasteiger partial charge in [0.15, 0.2) is 0 Å². The zero-order valence-electron chi connectivity index (χ0n) is 14.3. The van der Waals surface area contributed by atoms with Crippen LogP contribution >= 0.6 is 15.9 Å². The van der Waals surface area contributed by atoms with E-state index in [0.717, 1.165) is 17.3 Å². The average molecular weight is 405 g/mol. The van der Waals surface area contributed by atoms with Crippen molar-refractivity contribution in [1.29, 1.82) is 0 Å². The molecule has 2 rings (SSSR count). The third-order valence-electron chi connectivity index (χ3n) is 3.64. The molecule has 2 N–H and O–H groups in total. The summed E-state index contributed by atoms with van der Waals surface area (Å²) in [5.74, 6) is -0.0805. The van der Waals surface area contributed by atoms with Crippen molar-refractivity contribution < 1.29 is 14.3 Å². The first-order chi connectivity index (χ1) is 12.1. The maximum atomic E-state index is 12.6. The van der Waals surface area contributed by atoms with Crippen LogP contribution in [0.4, 0.5) is 5.69 Å². The first-order valence-corrected chi connectivity index (χ1v) is 8.88. The number of hydrogen-bond donors (Lipinski definition) is 2. The van der Waals surface area contributed by atoms with E-state index >= 15 is 0 Å². The predicted octanol–water partition coefficient (Wildman–Crippen LogP) is 4.24. The van der Waals surface area contributed by atoms with Crippen molar-refractivity contribution in [3.05, 3.63) is 58.1 Å². The molecule has 0 bridgehead atoms. The number of amides is 2. The fourth-order valence-electron chi connectivity index (χ4n) is 2.31. The Bertz CT molecular complexity index is 762. The molecule has 0 aliphatic carbocycles. The number of ether oxygens (including phenoxy) is 1. The summed E-state index contributed by atoms with van der Waals surface area (Å²) < 4.78 is 6.01. The van der Waals surface area contributed by atoms with E-state index in [1.54, 1.807) is 42.5 Å². The van der Waals surface area contributed by atoms with Crippen LogP contribution < -0.4 is 15.4 Å². The van der Waals surface area contributed by atoms with Gasteiger partial charge in [0.1, 0.15) is 5.75 Å². The summed E-state index contributed by atoms with van der Waals surface area (Å²) in [4.78, 5) is 25.0. The molecule has 0 aromatic heterocycles. The molecule has 2 amide bonds. The summed E-state index contributed by atoms with van der Waals surface area (Å²) in [6, 6.07) is 12.1. The lowest BCUT2D eigenvalue weighted by Gasteiger charge is -2.13. The topological polar surface area (TPSA) is 67.4 Å². The van der Waals surface area contributed by atoms with Gasteiger partial charge in [0.05, 0.1) is 23.9 Å². The van der Waals surface area contributed by atoms with Gasteiger partial charge in [0, 0.05) is 11.0 Å². The Hall–Kier alpha value is -2.34. The molecule has 2 aromatic rings. The monoisotopic (exact) mass is 404 g/mol. The van der Waals surface area contributed by atoms with Crippen molar-refractivity contribution >= 4 is 33.4 Å². The van der Waals surface area contributed by atoms with Gasteiger partial charge in [-0.25, -0.2) is 0 Å². The van der Waals surface area contributed by atoms with Crippen LogP contribution in [0.2, 0.25) is 0 Å². The first kappa shape index (κ1) is 19.0. The number of nitrogens with one attached hydrogen (secondary N) is 2. The minimum absolute atomic E-state index is 0.203. The highest BCUT2D eigenvalue weighted by Gasteiger charge is 2.17. The summed E-state index contributed by atoms with van der Waals surface area (Å²) in [7, 11) is 1.51. The smallest absolute Gasteiger partial charge is 0.259 e. The van der Waals surface area contributed by atoms with E-state index in [1.165, 1.54) is 7.11 Å². The second-order valence-corrected chi connectivity index (χ2v) is 6.37. The second-order valence-electron chi connectivity index (χ2n) is 5.45. The van der Waals surface area contributed by atoms with E-state index in [2.05, 4.69) is 33.5 Å². The molecule has 0 fully saturated rings. The SMILES string of the molecule is CCCCNC(=O)c1ccccc1NC(=O)c1cc(Br)ccc1OC. The fraction of sp³-hybridized carbons (Fsp3) is 0.263. The van der Waals surface area contributed by atoms with E-state index in [0.29, 0.717) is 29.1 Å². The van der Waals surface area contributed by atoms with Crippen LogP contribution in [-0.4, -0.2) is 25.5 Å². The van der Waals surface area contributed by atoms with Crippen LogP contribution in [0.3, 0.4) is 0 Å². The molecule has 0 saturated heterocycles. The van der Waals surface area contributed by atoms with E-state index in [9.17, 15) is 9.59 Å². The molecule has 6 heteroatoms. The summed E-state index contributed by atoms with van der Waals surface area (Å²) >= 11 is 3.35. The van der Waals surface area contributed by atoms with E-state index in [-0.39, 0.29) is 11.8 Å². The van der Waals surface area contributed by atoms with Crippen molar-refractivity contribution in [3.8, 4) is 5.75 Å². The highest BCUT2D eigenvalue weighted by Crippen LogP contribution is 2.25. The van der Waals surface area contributed by atoms with Gasteiger partial charge in [0.25, 0.3) is 11.8 Å². The van der Waals surface area contributed by atoms with Crippen LogP contribution in [-0.2, 0) is 0 Å². The first-order valence-electron chi connectivity index (χ1n) is 8.09. The minimum atomic E-state index is -0.341. The average Bonchev–Trinajstić information content (AvgIpc) is 2.62. The molecule has 0 spiro atoms. The number of carbonyl (C=O) groups excluding carboxylic acids is 2. The highest BCUT2D eigenvalue weighted by molar-refractivity contribution is 9.10. The minimum Gasteiger partial charge on any atom is -0.496 e. The van der Waals surface area contributed by atoms with Crippen LogP contribution in [0.15, 0.2) is 46.9 Å². The third kappa shape index (κ3) is 5.06. The molecule has 132 valence electrons. The van der Waals surface area contributed by atoms with Gasteiger partial charge in [0.2, 0.25) is 0 Å². The van der Waals surface area contributed by atoms with Crippen LogP contribution in [0.1, 0.15) is 40.5 Å². The summed E-state index contributed by atoms with van der Waals surface area (Å²) in [6.45, 7) is 2.67. The number of unbranched alkanes of at least 4 members (excludes halogenated alkanes) is 1. The van der Waals surface area contributed by atoms with E-state index < -0.39 is 0 Å². The van der Waals surface area contributed by atoms with Crippen LogP contribution in [0.5, 0.6) is 5.75 Å². The molecule has 0 atom stereocenters. The largest absolute Gasteiger partial charge is 0.496 e. The molecule has 0 heterocycles.